The minimum atomic E-state index is 0.0413. The second-order valence-corrected chi connectivity index (χ2v) is 2.53. The summed E-state index contributed by atoms with van der Waals surface area (Å²) in [5.74, 6) is 0.0413. The lowest BCUT2D eigenvalue weighted by Gasteiger charge is -2.01. The molecule has 0 aromatic carbocycles. The van der Waals surface area contributed by atoms with Crippen molar-refractivity contribution in [3.8, 4) is 5.75 Å². The second kappa shape index (κ2) is 3.55. The predicted molar refractivity (Wildman–Crippen MR) is 43.7 cm³/mol. The van der Waals surface area contributed by atoms with Crippen LogP contribution in [-0.4, -0.2) is 16.6 Å². The number of aromatic hydroxyl groups is 1. The fraction of sp³-hybridized carbons (Fsp3) is 0.286. The van der Waals surface area contributed by atoms with Crippen molar-refractivity contribution in [3.05, 3.63) is 23.0 Å². The lowest BCUT2D eigenvalue weighted by molar-refractivity contribution is 0.464. The van der Waals surface area contributed by atoms with Gasteiger partial charge < -0.3 is 10.8 Å². The van der Waals surface area contributed by atoms with E-state index in [1.807, 2.05) is 0 Å². The predicted octanol–water partition coefficient (Wildman–Crippen LogP) is 0.942. The van der Waals surface area contributed by atoms with Gasteiger partial charge in [0.2, 0.25) is 0 Å². The monoisotopic (exact) mass is 172 g/mol. The second-order valence-electron chi connectivity index (χ2n) is 2.13. The number of rotatable bonds is 2. The maximum absolute atomic E-state index is 9.28. The van der Waals surface area contributed by atoms with Crippen LogP contribution in [0.2, 0.25) is 5.02 Å². The number of halogens is 1. The van der Waals surface area contributed by atoms with Crippen LogP contribution in [0, 0.1) is 0 Å². The Bertz CT molecular complexity index is 252. The first-order valence-corrected chi connectivity index (χ1v) is 3.66. The van der Waals surface area contributed by atoms with Crippen LogP contribution in [0.15, 0.2) is 12.3 Å². The molecule has 4 heteroatoms. The summed E-state index contributed by atoms with van der Waals surface area (Å²) < 4.78 is 0. The molecule has 0 bridgehead atoms. The minimum absolute atomic E-state index is 0.0413. The van der Waals surface area contributed by atoms with Crippen molar-refractivity contribution in [2.75, 3.05) is 6.54 Å². The number of nitrogens with two attached hydrogens (primary N) is 1. The van der Waals surface area contributed by atoms with Crippen LogP contribution < -0.4 is 5.73 Å². The number of hydrogen-bond acceptors (Lipinski definition) is 3. The van der Waals surface area contributed by atoms with E-state index in [0.717, 1.165) is 0 Å². The molecule has 3 N–H and O–H groups in total. The van der Waals surface area contributed by atoms with Gasteiger partial charge in [-0.05, 0) is 12.6 Å². The van der Waals surface area contributed by atoms with Gasteiger partial charge >= 0.3 is 0 Å². The van der Waals surface area contributed by atoms with Crippen LogP contribution in [-0.2, 0) is 6.42 Å². The van der Waals surface area contributed by atoms with Gasteiger partial charge in [0.1, 0.15) is 0 Å². The summed E-state index contributed by atoms with van der Waals surface area (Å²) in [4.78, 5) is 3.91. The quantitative estimate of drug-likeness (QED) is 0.698. The van der Waals surface area contributed by atoms with Crippen molar-refractivity contribution in [3.63, 3.8) is 0 Å². The van der Waals surface area contributed by atoms with Crippen LogP contribution in [0.25, 0.3) is 0 Å². The average molecular weight is 173 g/mol. The van der Waals surface area contributed by atoms with Gasteiger partial charge in [0.05, 0.1) is 10.7 Å². The Morgan fingerprint density at radius 3 is 3.00 bits per heavy atom. The van der Waals surface area contributed by atoms with Gasteiger partial charge in [0, 0.05) is 12.6 Å². The van der Waals surface area contributed by atoms with E-state index in [-0.39, 0.29) is 5.75 Å². The van der Waals surface area contributed by atoms with Crippen molar-refractivity contribution in [2.45, 2.75) is 6.42 Å². The molecule has 0 spiro atoms. The van der Waals surface area contributed by atoms with Crippen molar-refractivity contribution in [2.24, 2.45) is 5.73 Å². The molecule has 1 rings (SSSR count). The van der Waals surface area contributed by atoms with E-state index in [1.165, 1.54) is 6.07 Å². The highest BCUT2D eigenvalue weighted by atomic mass is 35.5. The molecule has 0 aliphatic rings. The molecule has 0 unspecified atom stereocenters. The lowest BCUT2D eigenvalue weighted by atomic mass is 10.2. The van der Waals surface area contributed by atoms with Gasteiger partial charge in [-0.1, -0.05) is 11.6 Å². The van der Waals surface area contributed by atoms with Crippen molar-refractivity contribution in [1.29, 1.82) is 0 Å². The zero-order chi connectivity index (χ0) is 8.27. The molecule has 60 valence electrons. The number of aromatic nitrogens is 1. The topological polar surface area (TPSA) is 59.1 Å². The Morgan fingerprint density at radius 1 is 1.64 bits per heavy atom. The number of hydrogen-bond donors (Lipinski definition) is 2. The maximum atomic E-state index is 9.28. The first-order valence-electron chi connectivity index (χ1n) is 3.28. The van der Waals surface area contributed by atoms with Crippen LogP contribution in [0.3, 0.4) is 0 Å². The zero-order valence-corrected chi connectivity index (χ0v) is 6.67. The molecule has 0 saturated carbocycles. The Hall–Kier alpha value is -0.800. The maximum Gasteiger partial charge on any atom is 0.155 e. The van der Waals surface area contributed by atoms with Crippen molar-refractivity contribution >= 4 is 11.6 Å². The van der Waals surface area contributed by atoms with Crippen molar-refractivity contribution < 1.29 is 5.11 Å². The molecule has 0 saturated heterocycles. The fourth-order valence-corrected chi connectivity index (χ4v) is 0.956. The third-order valence-electron chi connectivity index (χ3n) is 1.33. The van der Waals surface area contributed by atoms with Gasteiger partial charge in [-0.15, -0.1) is 0 Å². The Labute approximate surface area is 69.8 Å². The van der Waals surface area contributed by atoms with Gasteiger partial charge in [0.25, 0.3) is 0 Å². The number of pyridine rings is 1. The molecule has 1 aromatic rings. The summed E-state index contributed by atoms with van der Waals surface area (Å²) >= 11 is 5.62. The molecule has 1 heterocycles. The first kappa shape index (κ1) is 8.30. The largest absolute Gasteiger partial charge is 0.505 e. The third-order valence-corrected chi connectivity index (χ3v) is 1.64. The summed E-state index contributed by atoms with van der Waals surface area (Å²) in [6.45, 7) is 0.459. The van der Waals surface area contributed by atoms with Gasteiger partial charge in [-0.25, -0.2) is 0 Å². The van der Waals surface area contributed by atoms with E-state index in [1.54, 1.807) is 6.20 Å². The van der Waals surface area contributed by atoms with Crippen LogP contribution >= 0.6 is 11.6 Å². The zero-order valence-electron chi connectivity index (χ0n) is 5.92. The fourth-order valence-electron chi connectivity index (χ4n) is 0.790. The molecule has 0 amide bonds. The van der Waals surface area contributed by atoms with Crippen LogP contribution in [0.1, 0.15) is 5.69 Å². The molecule has 0 fully saturated rings. The molecule has 0 aliphatic carbocycles. The SMILES string of the molecule is NCCc1nccc(Cl)c1O. The summed E-state index contributed by atoms with van der Waals surface area (Å²) in [7, 11) is 0. The van der Waals surface area contributed by atoms with Gasteiger partial charge in [-0.2, -0.15) is 0 Å². The third kappa shape index (κ3) is 1.82. The van der Waals surface area contributed by atoms with E-state index < -0.39 is 0 Å². The van der Waals surface area contributed by atoms with Crippen LogP contribution in [0.4, 0.5) is 0 Å². The molecule has 0 aliphatic heterocycles. The summed E-state index contributed by atoms with van der Waals surface area (Å²) in [6, 6.07) is 1.54. The van der Waals surface area contributed by atoms with Gasteiger partial charge in [-0.3, -0.25) is 4.98 Å². The molecule has 3 nitrogen and oxygen atoms in total. The highest BCUT2D eigenvalue weighted by molar-refractivity contribution is 6.32. The van der Waals surface area contributed by atoms with Crippen LogP contribution in [0.5, 0.6) is 5.75 Å². The van der Waals surface area contributed by atoms with Crippen molar-refractivity contribution in [1.82, 2.24) is 4.98 Å². The molecular weight excluding hydrogens is 164 g/mol. The Morgan fingerprint density at radius 2 is 2.36 bits per heavy atom. The minimum Gasteiger partial charge on any atom is -0.505 e. The summed E-state index contributed by atoms with van der Waals surface area (Å²) in [6.07, 6.45) is 2.10. The Kier molecular flexibility index (Phi) is 2.68. The van der Waals surface area contributed by atoms with E-state index in [2.05, 4.69) is 4.98 Å². The molecule has 11 heavy (non-hydrogen) atoms. The smallest absolute Gasteiger partial charge is 0.155 e. The Balaban J connectivity index is 2.96. The summed E-state index contributed by atoms with van der Waals surface area (Å²) in [5, 5.41) is 9.60. The average Bonchev–Trinajstić information content (AvgIpc) is 1.99. The lowest BCUT2D eigenvalue weighted by Crippen LogP contribution is -2.04. The van der Waals surface area contributed by atoms with E-state index in [4.69, 9.17) is 17.3 Å². The molecule has 1 aromatic heterocycles. The molecule has 0 atom stereocenters. The van der Waals surface area contributed by atoms with Gasteiger partial charge in [0.15, 0.2) is 5.75 Å². The highest BCUT2D eigenvalue weighted by Gasteiger charge is 2.04. The normalized spacial score (nSPS) is 10.0. The van der Waals surface area contributed by atoms with E-state index in [9.17, 15) is 5.11 Å². The first-order chi connectivity index (χ1) is 5.25. The molecular formula is C7H9ClN2O. The highest BCUT2D eigenvalue weighted by Crippen LogP contribution is 2.24. The standard InChI is InChI=1S/C7H9ClN2O/c8-5-2-4-10-6(1-3-9)7(5)11/h2,4,11H,1,3,9H2. The van der Waals surface area contributed by atoms with E-state index >= 15 is 0 Å². The summed E-state index contributed by atoms with van der Waals surface area (Å²) in [5.41, 5.74) is 5.84. The van der Waals surface area contributed by atoms with E-state index in [0.29, 0.717) is 23.7 Å². The number of nitrogens with zero attached hydrogens (tertiary/aromatic N) is 1. The molecule has 0 radical (unpaired) electrons.